The van der Waals surface area contributed by atoms with Crippen LogP contribution in [0, 0.1) is 0 Å². The van der Waals surface area contributed by atoms with Gasteiger partial charge in [0.05, 0.1) is 0 Å². The van der Waals surface area contributed by atoms with E-state index in [2.05, 4.69) is 13.0 Å². The normalized spacial score (nSPS) is 11.5. The molecule has 3 rings (SSSR count). The molecule has 24 heavy (non-hydrogen) atoms. The van der Waals surface area contributed by atoms with Crippen molar-refractivity contribution >= 4 is 5.57 Å². The second kappa shape index (κ2) is 7.64. The standard InChI is InChI=1S/C21H21N3/c1-3-11-16(4-2)19-22-20(17-12-7-5-8-13-17)24-21(23-19)18-14-9-6-10-15-18/h4-10,12-15H,3,11H2,1-2H3/b16-4+. The van der Waals surface area contributed by atoms with Crippen LogP contribution in [0.2, 0.25) is 0 Å². The maximum absolute atomic E-state index is 4.73. The quantitative estimate of drug-likeness (QED) is 0.632. The molecular formula is C21H21N3. The Kier molecular flexibility index (Phi) is 5.12. The van der Waals surface area contributed by atoms with Gasteiger partial charge in [-0.3, -0.25) is 0 Å². The second-order valence-electron chi connectivity index (χ2n) is 5.60. The number of hydrogen-bond acceptors (Lipinski definition) is 3. The van der Waals surface area contributed by atoms with E-state index < -0.39 is 0 Å². The monoisotopic (exact) mass is 315 g/mol. The fraction of sp³-hybridized carbons (Fsp3) is 0.190. The first kappa shape index (κ1) is 16.1. The first-order valence-corrected chi connectivity index (χ1v) is 8.34. The molecule has 2 aromatic carbocycles. The van der Waals surface area contributed by atoms with Gasteiger partial charge in [0.2, 0.25) is 0 Å². The van der Waals surface area contributed by atoms with Gasteiger partial charge in [-0.05, 0) is 18.9 Å². The average Bonchev–Trinajstić information content (AvgIpc) is 2.67. The molecule has 0 amide bonds. The van der Waals surface area contributed by atoms with Crippen molar-refractivity contribution in [3.8, 4) is 22.8 Å². The molecule has 0 aliphatic carbocycles. The molecule has 0 saturated heterocycles. The summed E-state index contributed by atoms with van der Waals surface area (Å²) in [5.41, 5.74) is 3.17. The summed E-state index contributed by atoms with van der Waals surface area (Å²) < 4.78 is 0. The van der Waals surface area contributed by atoms with Crippen molar-refractivity contribution in [3.63, 3.8) is 0 Å². The van der Waals surface area contributed by atoms with Gasteiger partial charge in [0.1, 0.15) is 0 Å². The second-order valence-corrected chi connectivity index (χ2v) is 5.60. The highest BCUT2D eigenvalue weighted by molar-refractivity contribution is 5.66. The maximum atomic E-state index is 4.73. The van der Waals surface area contributed by atoms with Gasteiger partial charge in [-0.15, -0.1) is 0 Å². The molecule has 3 aromatic rings. The number of rotatable bonds is 5. The molecule has 1 aromatic heterocycles. The predicted octanol–water partition coefficient (Wildman–Crippen LogP) is 5.41. The molecule has 0 N–H and O–H groups in total. The van der Waals surface area contributed by atoms with Crippen LogP contribution < -0.4 is 0 Å². The Morgan fingerprint density at radius 2 is 1.29 bits per heavy atom. The molecular weight excluding hydrogens is 294 g/mol. The molecule has 3 nitrogen and oxygen atoms in total. The number of nitrogens with zero attached hydrogens (tertiary/aromatic N) is 3. The van der Waals surface area contributed by atoms with E-state index in [1.54, 1.807) is 0 Å². The summed E-state index contributed by atoms with van der Waals surface area (Å²) in [6.07, 6.45) is 4.12. The van der Waals surface area contributed by atoms with Crippen molar-refractivity contribution < 1.29 is 0 Å². The molecule has 0 fully saturated rings. The third kappa shape index (κ3) is 3.57. The summed E-state index contributed by atoms with van der Waals surface area (Å²) in [6, 6.07) is 20.1. The van der Waals surface area contributed by atoms with Gasteiger partial charge in [0, 0.05) is 11.1 Å². The number of hydrogen-bond donors (Lipinski definition) is 0. The summed E-state index contributed by atoms with van der Waals surface area (Å²) in [4.78, 5) is 14.2. The molecule has 0 unspecified atom stereocenters. The van der Waals surface area contributed by atoms with Crippen LogP contribution in [-0.2, 0) is 0 Å². The van der Waals surface area contributed by atoms with Crippen molar-refractivity contribution in [1.82, 2.24) is 15.0 Å². The molecule has 0 bridgehead atoms. The molecule has 120 valence electrons. The molecule has 0 aliphatic rings. The lowest BCUT2D eigenvalue weighted by Gasteiger charge is -2.10. The van der Waals surface area contributed by atoms with Gasteiger partial charge in [0.25, 0.3) is 0 Å². The maximum Gasteiger partial charge on any atom is 0.164 e. The van der Waals surface area contributed by atoms with Crippen molar-refractivity contribution in [3.05, 3.63) is 72.6 Å². The smallest absolute Gasteiger partial charge is 0.164 e. The van der Waals surface area contributed by atoms with E-state index in [4.69, 9.17) is 15.0 Å². The van der Waals surface area contributed by atoms with E-state index in [0.29, 0.717) is 0 Å². The first-order valence-electron chi connectivity index (χ1n) is 8.34. The molecule has 0 saturated carbocycles. The van der Waals surface area contributed by atoms with Crippen molar-refractivity contribution in [2.45, 2.75) is 26.7 Å². The fourth-order valence-corrected chi connectivity index (χ4v) is 2.61. The minimum atomic E-state index is 0.718. The van der Waals surface area contributed by atoms with Crippen LogP contribution in [0.4, 0.5) is 0 Å². The summed E-state index contributed by atoms with van der Waals surface area (Å²) >= 11 is 0. The Labute approximate surface area is 143 Å². The van der Waals surface area contributed by atoms with E-state index in [0.717, 1.165) is 47.0 Å². The van der Waals surface area contributed by atoms with E-state index in [9.17, 15) is 0 Å². The Balaban J connectivity index is 2.16. The lowest BCUT2D eigenvalue weighted by atomic mass is 10.1. The van der Waals surface area contributed by atoms with Crippen molar-refractivity contribution in [1.29, 1.82) is 0 Å². The third-order valence-electron chi connectivity index (χ3n) is 3.85. The van der Waals surface area contributed by atoms with Gasteiger partial charge in [-0.1, -0.05) is 80.1 Å². The largest absolute Gasteiger partial charge is 0.209 e. The van der Waals surface area contributed by atoms with Gasteiger partial charge < -0.3 is 0 Å². The zero-order valence-corrected chi connectivity index (χ0v) is 14.1. The zero-order valence-electron chi connectivity index (χ0n) is 14.1. The van der Waals surface area contributed by atoms with Crippen LogP contribution in [0.1, 0.15) is 32.5 Å². The third-order valence-corrected chi connectivity index (χ3v) is 3.85. The Hall–Kier alpha value is -2.81. The summed E-state index contributed by atoms with van der Waals surface area (Å²) in [5.74, 6) is 2.21. The topological polar surface area (TPSA) is 38.7 Å². The van der Waals surface area contributed by atoms with Crippen molar-refractivity contribution in [2.24, 2.45) is 0 Å². The Morgan fingerprint density at radius 3 is 1.71 bits per heavy atom. The summed E-state index contributed by atoms with van der Waals surface area (Å²) in [7, 11) is 0. The van der Waals surface area contributed by atoms with Crippen LogP contribution in [0.3, 0.4) is 0 Å². The predicted molar refractivity (Wildman–Crippen MR) is 99.3 cm³/mol. The van der Waals surface area contributed by atoms with E-state index >= 15 is 0 Å². The number of benzene rings is 2. The number of aromatic nitrogens is 3. The average molecular weight is 315 g/mol. The lowest BCUT2D eigenvalue weighted by molar-refractivity contribution is 0.937. The highest BCUT2D eigenvalue weighted by Crippen LogP contribution is 2.24. The van der Waals surface area contributed by atoms with Gasteiger partial charge in [0.15, 0.2) is 17.5 Å². The molecule has 0 radical (unpaired) electrons. The zero-order chi connectivity index (χ0) is 16.8. The minimum absolute atomic E-state index is 0.718. The lowest BCUT2D eigenvalue weighted by Crippen LogP contribution is -2.02. The van der Waals surface area contributed by atoms with E-state index in [-0.39, 0.29) is 0 Å². The van der Waals surface area contributed by atoms with Crippen LogP contribution in [0.25, 0.3) is 28.3 Å². The van der Waals surface area contributed by atoms with Gasteiger partial charge in [-0.2, -0.15) is 0 Å². The van der Waals surface area contributed by atoms with E-state index in [1.165, 1.54) is 0 Å². The van der Waals surface area contributed by atoms with Crippen LogP contribution in [-0.4, -0.2) is 15.0 Å². The number of allylic oxidation sites excluding steroid dienone is 2. The molecule has 1 heterocycles. The highest BCUT2D eigenvalue weighted by atomic mass is 15.0. The first-order chi connectivity index (χ1) is 11.8. The molecule has 3 heteroatoms. The van der Waals surface area contributed by atoms with Crippen LogP contribution >= 0.6 is 0 Å². The molecule has 0 aliphatic heterocycles. The summed E-state index contributed by atoms with van der Waals surface area (Å²) in [5, 5.41) is 0. The summed E-state index contributed by atoms with van der Waals surface area (Å²) in [6.45, 7) is 4.21. The Bertz CT molecular complexity index is 766. The van der Waals surface area contributed by atoms with Crippen LogP contribution in [0.5, 0.6) is 0 Å². The van der Waals surface area contributed by atoms with E-state index in [1.807, 2.05) is 67.6 Å². The highest BCUT2D eigenvalue weighted by Gasteiger charge is 2.12. The minimum Gasteiger partial charge on any atom is -0.209 e. The molecule has 0 spiro atoms. The van der Waals surface area contributed by atoms with Crippen LogP contribution in [0.15, 0.2) is 66.7 Å². The van der Waals surface area contributed by atoms with Gasteiger partial charge in [-0.25, -0.2) is 15.0 Å². The Morgan fingerprint density at radius 1 is 0.792 bits per heavy atom. The van der Waals surface area contributed by atoms with Crippen molar-refractivity contribution in [2.75, 3.05) is 0 Å². The van der Waals surface area contributed by atoms with Gasteiger partial charge >= 0.3 is 0 Å². The molecule has 0 atom stereocenters. The fourth-order valence-electron chi connectivity index (χ4n) is 2.61. The SMILES string of the molecule is C/C=C(\CCC)c1nc(-c2ccccc2)nc(-c2ccccc2)n1.